The third kappa shape index (κ3) is 2.99. The molecule has 0 radical (unpaired) electrons. The number of nitrogens with zero attached hydrogens (tertiary/aromatic N) is 2. The number of methoxy groups -OCH3 is 1. The molecule has 1 aromatic rings. The monoisotopic (exact) mass is 340 g/mol. The molecule has 1 aromatic heterocycles. The van der Waals surface area contributed by atoms with Crippen molar-refractivity contribution in [1.29, 1.82) is 0 Å². The zero-order chi connectivity index (χ0) is 17.3. The summed E-state index contributed by atoms with van der Waals surface area (Å²) in [6.07, 6.45) is 8.36. The van der Waals surface area contributed by atoms with Crippen molar-refractivity contribution in [3.63, 3.8) is 0 Å². The van der Waals surface area contributed by atoms with Crippen LogP contribution in [0, 0.1) is 23.7 Å². The Hall–Kier alpha value is -1.41. The minimum atomic E-state index is -1.17. The third-order valence-corrected chi connectivity index (χ3v) is 6.54. The lowest BCUT2D eigenvalue weighted by Gasteiger charge is -2.50. The van der Waals surface area contributed by atoms with E-state index in [0.29, 0.717) is 11.6 Å². The van der Waals surface area contributed by atoms with Crippen LogP contribution in [0.2, 0.25) is 0 Å². The largest absolute Gasteiger partial charge is 0.372 e. The van der Waals surface area contributed by atoms with Gasteiger partial charge in [0, 0.05) is 31.7 Å². The zero-order valence-corrected chi connectivity index (χ0v) is 15.1. The highest BCUT2D eigenvalue weighted by Crippen LogP contribution is 2.41. The lowest BCUT2D eigenvalue weighted by atomic mass is 9.74. The molecule has 0 aromatic carbocycles. The summed E-state index contributed by atoms with van der Waals surface area (Å²) >= 11 is 0. The highest BCUT2D eigenvalue weighted by Gasteiger charge is 2.47. The van der Waals surface area contributed by atoms with Gasteiger partial charge >= 0.3 is 0 Å². The quantitative estimate of drug-likeness (QED) is 0.859. The van der Waals surface area contributed by atoms with E-state index in [1.807, 2.05) is 18.2 Å². The van der Waals surface area contributed by atoms with Crippen LogP contribution in [0.4, 0.5) is 0 Å². The molecule has 3 saturated heterocycles. The molecular formula is C21H28N2O2. The van der Waals surface area contributed by atoms with Gasteiger partial charge in [0.1, 0.15) is 5.60 Å². The van der Waals surface area contributed by atoms with Gasteiger partial charge in [-0.05, 0) is 50.9 Å². The average molecular weight is 340 g/mol. The minimum Gasteiger partial charge on any atom is -0.372 e. The van der Waals surface area contributed by atoms with Crippen molar-refractivity contribution in [2.45, 2.75) is 49.7 Å². The highest BCUT2D eigenvalue weighted by molar-refractivity contribution is 5.32. The molecule has 4 aliphatic rings. The third-order valence-electron chi connectivity index (χ3n) is 6.54. The summed E-state index contributed by atoms with van der Waals surface area (Å²) in [5.41, 5.74) is -0.936. The van der Waals surface area contributed by atoms with Gasteiger partial charge in [-0.2, -0.15) is 0 Å². The molecule has 1 unspecified atom stereocenters. The van der Waals surface area contributed by atoms with Crippen molar-refractivity contribution in [2.75, 3.05) is 26.7 Å². The van der Waals surface area contributed by atoms with Gasteiger partial charge in [0.15, 0.2) is 5.60 Å². The first-order valence-corrected chi connectivity index (χ1v) is 9.62. The molecule has 4 fully saturated rings. The Bertz CT molecular complexity index is 653. The maximum absolute atomic E-state index is 11.6. The molecule has 1 N–H and O–H groups in total. The van der Waals surface area contributed by atoms with Crippen LogP contribution in [0.5, 0.6) is 0 Å². The summed E-state index contributed by atoms with van der Waals surface area (Å²) in [6.45, 7) is 3.14. The predicted molar refractivity (Wildman–Crippen MR) is 96.8 cm³/mol. The molecule has 2 atom stereocenters. The van der Waals surface area contributed by atoms with Gasteiger partial charge in [0.2, 0.25) is 0 Å². The Morgan fingerprint density at radius 3 is 2.56 bits per heavy atom. The Kier molecular flexibility index (Phi) is 4.58. The molecule has 2 bridgehead atoms. The summed E-state index contributed by atoms with van der Waals surface area (Å²) in [4.78, 5) is 6.89. The maximum atomic E-state index is 11.6. The molecule has 4 heterocycles. The van der Waals surface area contributed by atoms with Crippen LogP contribution in [0.1, 0.15) is 44.2 Å². The molecule has 25 heavy (non-hydrogen) atoms. The van der Waals surface area contributed by atoms with E-state index in [1.165, 1.54) is 0 Å². The van der Waals surface area contributed by atoms with Crippen molar-refractivity contribution < 1.29 is 9.84 Å². The smallest absolute Gasteiger partial charge is 0.170 e. The fourth-order valence-corrected chi connectivity index (χ4v) is 4.95. The summed E-state index contributed by atoms with van der Waals surface area (Å²) in [7, 11) is 1.77. The summed E-state index contributed by atoms with van der Waals surface area (Å²) in [5.74, 6) is 7.34. The van der Waals surface area contributed by atoms with Gasteiger partial charge in [-0.3, -0.25) is 9.88 Å². The van der Waals surface area contributed by atoms with Crippen LogP contribution in [0.15, 0.2) is 24.4 Å². The van der Waals surface area contributed by atoms with Crippen LogP contribution in [0.25, 0.3) is 0 Å². The van der Waals surface area contributed by atoms with E-state index < -0.39 is 11.2 Å². The van der Waals surface area contributed by atoms with E-state index in [1.54, 1.807) is 13.3 Å². The van der Waals surface area contributed by atoms with E-state index in [2.05, 4.69) is 21.7 Å². The topological polar surface area (TPSA) is 45.6 Å². The first-order valence-electron chi connectivity index (χ1n) is 9.62. The second-order valence-corrected chi connectivity index (χ2v) is 7.86. The van der Waals surface area contributed by atoms with Gasteiger partial charge < -0.3 is 9.84 Å². The minimum absolute atomic E-state index is 0.157. The molecule has 0 spiro atoms. The number of piperidine rings is 3. The van der Waals surface area contributed by atoms with Crippen LogP contribution in [0.3, 0.4) is 0 Å². The number of hydrogen-bond acceptors (Lipinski definition) is 4. The molecule has 134 valence electrons. The van der Waals surface area contributed by atoms with Crippen molar-refractivity contribution in [1.82, 2.24) is 9.88 Å². The van der Waals surface area contributed by atoms with Crippen molar-refractivity contribution in [2.24, 2.45) is 11.8 Å². The van der Waals surface area contributed by atoms with Crippen LogP contribution in [-0.4, -0.2) is 47.3 Å². The van der Waals surface area contributed by atoms with Crippen molar-refractivity contribution in [3.05, 3.63) is 30.1 Å². The van der Waals surface area contributed by atoms with Gasteiger partial charge in [-0.1, -0.05) is 30.7 Å². The Morgan fingerprint density at radius 1 is 1.24 bits per heavy atom. The molecule has 5 rings (SSSR count). The van der Waals surface area contributed by atoms with E-state index in [4.69, 9.17) is 4.74 Å². The summed E-state index contributed by atoms with van der Waals surface area (Å²) < 4.78 is 5.96. The lowest BCUT2D eigenvalue weighted by molar-refractivity contribution is -0.0967. The fraction of sp³-hybridized carbons (Fsp3) is 0.667. The molecule has 4 nitrogen and oxygen atoms in total. The van der Waals surface area contributed by atoms with Crippen LogP contribution >= 0.6 is 0 Å². The Balaban J connectivity index is 1.71. The van der Waals surface area contributed by atoms with Crippen molar-refractivity contribution >= 4 is 0 Å². The maximum Gasteiger partial charge on any atom is 0.170 e. The summed E-state index contributed by atoms with van der Waals surface area (Å²) in [6, 6.07) is 5.73. The second-order valence-electron chi connectivity index (χ2n) is 7.86. The van der Waals surface area contributed by atoms with Crippen LogP contribution in [-0.2, 0) is 10.3 Å². The second kappa shape index (κ2) is 6.72. The van der Waals surface area contributed by atoms with Gasteiger partial charge in [0.05, 0.1) is 5.69 Å². The normalized spacial score (nSPS) is 34.3. The highest BCUT2D eigenvalue weighted by atomic mass is 16.5. The molecule has 3 aliphatic heterocycles. The molecule has 0 amide bonds. The molecular weight excluding hydrogens is 312 g/mol. The Morgan fingerprint density at radius 2 is 2.00 bits per heavy atom. The van der Waals surface area contributed by atoms with Gasteiger partial charge in [-0.15, -0.1) is 0 Å². The Labute approximate surface area is 150 Å². The SMILES string of the molecule is CO[C@]1(C#CC(O)(c2ccccn2)C2CCCC2)CN2CCC1CC2. The van der Waals surface area contributed by atoms with E-state index in [9.17, 15) is 5.11 Å². The van der Waals surface area contributed by atoms with E-state index >= 15 is 0 Å². The number of fused-ring (bicyclic) bond motifs is 3. The first-order chi connectivity index (χ1) is 12.2. The first kappa shape index (κ1) is 17.0. The van der Waals surface area contributed by atoms with Gasteiger partial charge in [0.25, 0.3) is 0 Å². The standard InChI is InChI=1S/C21H28N2O2/c1-25-20(16-23-14-9-17(20)10-15-23)11-12-21(24,18-6-2-3-7-18)19-8-4-5-13-22-19/h4-5,8,13,17-18,24H,2-3,6-7,9-10,14-16H2,1H3/t20-,21?/m1/s1. The number of pyridine rings is 1. The van der Waals surface area contributed by atoms with Gasteiger partial charge in [-0.25, -0.2) is 0 Å². The van der Waals surface area contributed by atoms with Crippen molar-refractivity contribution in [3.8, 4) is 11.8 Å². The number of rotatable bonds is 3. The number of hydrogen-bond donors (Lipinski definition) is 1. The summed E-state index contributed by atoms with van der Waals surface area (Å²) in [5, 5.41) is 11.6. The van der Waals surface area contributed by atoms with Crippen LogP contribution < -0.4 is 0 Å². The number of aliphatic hydroxyl groups is 1. The predicted octanol–water partition coefficient (Wildman–Crippen LogP) is 2.57. The molecule has 1 saturated carbocycles. The lowest BCUT2D eigenvalue weighted by Crippen LogP contribution is -2.59. The zero-order valence-electron chi connectivity index (χ0n) is 15.1. The average Bonchev–Trinajstić information content (AvgIpc) is 3.23. The fourth-order valence-electron chi connectivity index (χ4n) is 4.95. The van der Waals surface area contributed by atoms with E-state index in [0.717, 1.165) is 58.2 Å². The number of ether oxygens (including phenoxy) is 1. The molecule has 1 aliphatic carbocycles. The number of aromatic nitrogens is 1. The van der Waals surface area contributed by atoms with E-state index in [-0.39, 0.29) is 5.92 Å². The molecule has 4 heteroatoms.